The number of amides is 2. The summed E-state index contributed by atoms with van der Waals surface area (Å²) in [6.45, 7) is 2.89. The highest BCUT2D eigenvalue weighted by molar-refractivity contribution is 6.10. The third-order valence-electron chi connectivity index (χ3n) is 5.32. The molecule has 6 nitrogen and oxygen atoms in total. The fourth-order valence-electron chi connectivity index (χ4n) is 3.62. The molecule has 1 N–H and O–H groups in total. The summed E-state index contributed by atoms with van der Waals surface area (Å²) in [6, 6.07) is 1.15. The van der Waals surface area contributed by atoms with E-state index in [1.165, 1.54) is 7.11 Å². The molecule has 0 radical (unpaired) electrons. The first-order valence-corrected chi connectivity index (χ1v) is 9.36. The Morgan fingerprint density at radius 3 is 2.61 bits per heavy atom. The minimum absolute atomic E-state index is 0.00198. The Bertz CT molecular complexity index is 834. The van der Waals surface area contributed by atoms with Crippen LogP contribution in [0.5, 0.6) is 0 Å². The second-order valence-corrected chi connectivity index (χ2v) is 7.81. The molecule has 2 amide bonds. The van der Waals surface area contributed by atoms with Gasteiger partial charge in [0.25, 0.3) is 0 Å². The van der Waals surface area contributed by atoms with Crippen molar-refractivity contribution in [2.75, 3.05) is 25.1 Å². The normalized spacial score (nSPS) is 17.5. The first-order chi connectivity index (χ1) is 13.2. The molecule has 1 aromatic carbocycles. The number of fused-ring (bicyclic) bond motifs is 1. The van der Waals surface area contributed by atoms with E-state index in [4.69, 9.17) is 0 Å². The van der Waals surface area contributed by atoms with Crippen molar-refractivity contribution in [3.05, 3.63) is 28.8 Å². The number of benzene rings is 1. The SMILES string of the molecule is COC(=O)CCCNC(=O)CN1C(=O)C(C)(C)c2c(F)c(C3CC3)cc(F)c21. The molecule has 1 saturated carbocycles. The summed E-state index contributed by atoms with van der Waals surface area (Å²) < 4.78 is 34.4. The van der Waals surface area contributed by atoms with Crippen LogP contribution < -0.4 is 10.2 Å². The molecule has 0 unspecified atom stereocenters. The Hall–Kier alpha value is -2.51. The van der Waals surface area contributed by atoms with Gasteiger partial charge in [0, 0.05) is 18.5 Å². The van der Waals surface area contributed by atoms with Gasteiger partial charge in [0.15, 0.2) is 0 Å². The molecule has 0 aromatic heterocycles. The molecule has 0 spiro atoms. The van der Waals surface area contributed by atoms with Crippen molar-refractivity contribution < 1.29 is 27.9 Å². The molecule has 8 heteroatoms. The molecule has 1 heterocycles. The minimum Gasteiger partial charge on any atom is -0.469 e. The smallest absolute Gasteiger partial charge is 0.305 e. The highest BCUT2D eigenvalue weighted by Gasteiger charge is 2.49. The Balaban J connectivity index is 1.77. The van der Waals surface area contributed by atoms with Crippen LogP contribution in [0.25, 0.3) is 0 Å². The van der Waals surface area contributed by atoms with Gasteiger partial charge in [0.05, 0.1) is 18.2 Å². The first-order valence-electron chi connectivity index (χ1n) is 9.36. The summed E-state index contributed by atoms with van der Waals surface area (Å²) in [7, 11) is 1.28. The average Bonchev–Trinajstić information content (AvgIpc) is 3.45. The molecular formula is C20H24F2N2O4. The van der Waals surface area contributed by atoms with E-state index in [0.717, 1.165) is 23.8 Å². The van der Waals surface area contributed by atoms with E-state index in [9.17, 15) is 18.8 Å². The van der Waals surface area contributed by atoms with E-state index in [-0.39, 0.29) is 36.1 Å². The molecule has 1 aromatic rings. The summed E-state index contributed by atoms with van der Waals surface area (Å²) in [5.41, 5.74) is -1.07. The molecule has 0 atom stereocenters. The summed E-state index contributed by atoms with van der Waals surface area (Å²) in [6.07, 6.45) is 2.14. The lowest BCUT2D eigenvalue weighted by Gasteiger charge is -2.20. The lowest BCUT2D eigenvalue weighted by molar-refractivity contribution is -0.140. The van der Waals surface area contributed by atoms with Crippen LogP contribution >= 0.6 is 0 Å². The van der Waals surface area contributed by atoms with E-state index in [1.54, 1.807) is 13.8 Å². The van der Waals surface area contributed by atoms with Gasteiger partial charge in [-0.2, -0.15) is 0 Å². The summed E-state index contributed by atoms with van der Waals surface area (Å²) in [5.74, 6) is -2.64. The maximum Gasteiger partial charge on any atom is 0.305 e. The maximum absolute atomic E-state index is 15.1. The number of methoxy groups -OCH3 is 1. The zero-order valence-corrected chi connectivity index (χ0v) is 16.2. The number of hydrogen-bond donors (Lipinski definition) is 1. The second-order valence-electron chi connectivity index (χ2n) is 7.81. The number of carbonyl (C=O) groups excluding carboxylic acids is 3. The van der Waals surface area contributed by atoms with Crippen LogP contribution in [-0.4, -0.2) is 38.0 Å². The number of ether oxygens (including phenoxy) is 1. The molecule has 1 aliphatic carbocycles. The predicted octanol–water partition coefficient (Wildman–Crippen LogP) is 2.54. The van der Waals surface area contributed by atoms with Gasteiger partial charge in [-0.25, -0.2) is 8.78 Å². The number of carbonyl (C=O) groups is 3. The van der Waals surface area contributed by atoms with Crippen molar-refractivity contribution in [2.45, 2.75) is 50.9 Å². The Morgan fingerprint density at radius 1 is 1.32 bits per heavy atom. The van der Waals surface area contributed by atoms with Crippen LogP contribution in [0.3, 0.4) is 0 Å². The lowest BCUT2D eigenvalue weighted by Crippen LogP contribution is -2.43. The van der Waals surface area contributed by atoms with Crippen molar-refractivity contribution in [1.29, 1.82) is 0 Å². The van der Waals surface area contributed by atoms with E-state index < -0.39 is 35.4 Å². The highest BCUT2D eigenvalue weighted by atomic mass is 19.1. The monoisotopic (exact) mass is 394 g/mol. The van der Waals surface area contributed by atoms with Crippen LogP contribution in [-0.2, 0) is 24.5 Å². The van der Waals surface area contributed by atoms with Crippen LogP contribution in [0.4, 0.5) is 14.5 Å². The largest absolute Gasteiger partial charge is 0.469 e. The van der Waals surface area contributed by atoms with Crippen molar-refractivity contribution >= 4 is 23.5 Å². The van der Waals surface area contributed by atoms with Crippen LogP contribution in [0.15, 0.2) is 6.07 Å². The minimum atomic E-state index is -1.25. The maximum atomic E-state index is 15.1. The van der Waals surface area contributed by atoms with Gasteiger partial charge >= 0.3 is 5.97 Å². The number of nitrogens with zero attached hydrogens (tertiary/aromatic N) is 1. The van der Waals surface area contributed by atoms with Crippen molar-refractivity contribution in [3.63, 3.8) is 0 Å². The van der Waals surface area contributed by atoms with E-state index in [1.807, 2.05) is 0 Å². The van der Waals surface area contributed by atoms with Gasteiger partial charge in [-0.1, -0.05) is 0 Å². The van der Waals surface area contributed by atoms with Gasteiger partial charge in [-0.3, -0.25) is 19.3 Å². The fraction of sp³-hybridized carbons (Fsp3) is 0.550. The summed E-state index contributed by atoms with van der Waals surface area (Å²) in [5, 5.41) is 2.58. The second kappa shape index (κ2) is 7.48. The van der Waals surface area contributed by atoms with Gasteiger partial charge in [-0.15, -0.1) is 0 Å². The number of anilines is 1. The summed E-state index contributed by atoms with van der Waals surface area (Å²) in [4.78, 5) is 37.1. The number of halogens is 2. The molecule has 28 heavy (non-hydrogen) atoms. The first kappa shape index (κ1) is 20.2. The van der Waals surface area contributed by atoms with Crippen LogP contribution in [0.1, 0.15) is 56.6 Å². The standard InChI is InChI=1S/C20H24F2N2O4/c1-20(2)16-17(22)12(11-6-7-11)9-13(21)18(16)24(19(20)27)10-14(25)23-8-4-5-15(26)28-3/h9,11H,4-8,10H2,1-3H3,(H,23,25). The van der Waals surface area contributed by atoms with Crippen molar-refractivity contribution in [2.24, 2.45) is 0 Å². The lowest BCUT2D eigenvalue weighted by atomic mass is 9.84. The quantitative estimate of drug-likeness (QED) is 0.570. The fourth-order valence-corrected chi connectivity index (χ4v) is 3.62. The molecule has 1 aliphatic heterocycles. The molecule has 0 bridgehead atoms. The van der Waals surface area contributed by atoms with E-state index in [2.05, 4.69) is 10.1 Å². The zero-order valence-electron chi connectivity index (χ0n) is 16.2. The van der Waals surface area contributed by atoms with Gasteiger partial charge in [0.1, 0.15) is 18.2 Å². The van der Waals surface area contributed by atoms with Gasteiger partial charge in [-0.05, 0) is 50.7 Å². The number of nitrogens with one attached hydrogen (secondary N) is 1. The van der Waals surface area contributed by atoms with Crippen molar-refractivity contribution in [3.8, 4) is 0 Å². The number of esters is 1. The Morgan fingerprint density at radius 2 is 2.00 bits per heavy atom. The highest BCUT2D eigenvalue weighted by Crippen LogP contribution is 2.50. The Labute approximate surface area is 162 Å². The van der Waals surface area contributed by atoms with Gasteiger partial charge < -0.3 is 10.1 Å². The average molecular weight is 394 g/mol. The molecule has 1 fully saturated rings. The van der Waals surface area contributed by atoms with Crippen LogP contribution in [0.2, 0.25) is 0 Å². The predicted molar refractivity (Wildman–Crippen MR) is 98.0 cm³/mol. The van der Waals surface area contributed by atoms with Crippen LogP contribution in [0, 0.1) is 11.6 Å². The zero-order chi connectivity index (χ0) is 20.6. The number of hydrogen-bond acceptors (Lipinski definition) is 4. The molecule has 3 rings (SSSR count). The van der Waals surface area contributed by atoms with Gasteiger partial charge in [0.2, 0.25) is 11.8 Å². The molecule has 0 saturated heterocycles. The third-order valence-corrected chi connectivity index (χ3v) is 5.32. The molecule has 2 aliphatic rings. The van der Waals surface area contributed by atoms with E-state index in [0.29, 0.717) is 12.0 Å². The third kappa shape index (κ3) is 3.59. The Kier molecular flexibility index (Phi) is 5.41. The topological polar surface area (TPSA) is 75.7 Å². The molecular weight excluding hydrogens is 370 g/mol. The van der Waals surface area contributed by atoms with Crippen molar-refractivity contribution in [1.82, 2.24) is 5.32 Å². The summed E-state index contributed by atoms with van der Waals surface area (Å²) >= 11 is 0. The number of rotatable bonds is 7. The molecule has 152 valence electrons. The van der Waals surface area contributed by atoms with E-state index >= 15 is 4.39 Å².